The predicted octanol–water partition coefficient (Wildman–Crippen LogP) is 2.28. The first-order chi connectivity index (χ1) is 6.84. The SMILES string of the molecule is O=S(=O)(O)C(F)=C(F)c1ccccc1F. The fraction of sp³-hybridized carbons (Fsp3) is 0. The minimum absolute atomic E-state index is 0.826. The summed E-state index contributed by atoms with van der Waals surface area (Å²) >= 11 is 0. The third-order valence-electron chi connectivity index (χ3n) is 1.51. The lowest BCUT2D eigenvalue weighted by atomic mass is 10.2. The highest BCUT2D eigenvalue weighted by atomic mass is 32.2. The second-order valence-corrected chi connectivity index (χ2v) is 3.85. The van der Waals surface area contributed by atoms with Crippen molar-refractivity contribution in [2.45, 2.75) is 0 Å². The molecule has 0 atom stereocenters. The zero-order valence-corrected chi connectivity index (χ0v) is 7.93. The lowest BCUT2D eigenvalue weighted by molar-refractivity contribution is 0.471. The summed E-state index contributed by atoms with van der Waals surface area (Å²) < 4.78 is 67.2. The Morgan fingerprint density at radius 2 is 1.73 bits per heavy atom. The van der Waals surface area contributed by atoms with Gasteiger partial charge in [-0.05, 0) is 12.1 Å². The summed E-state index contributed by atoms with van der Waals surface area (Å²) in [5.41, 5.74) is -0.868. The highest BCUT2D eigenvalue weighted by molar-refractivity contribution is 7.89. The second-order valence-electron chi connectivity index (χ2n) is 2.54. The molecule has 0 aromatic heterocycles. The van der Waals surface area contributed by atoms with Gasteiger partial charge in [0.15, 0.2) is 5.83 Å². The van der Waals surface area contributed by atoms with Crippen LogP contribution < -0.4 is 0 Å². The average molecular weight is 238 g/mol. The van der Waals surface area contributed by atoms with Crippen molar-refractivity contribution in [3.63, 3.8) is 0 Å². The minimum Gasteiger partial charge on any atom is -0.280 e. The number of hydrogen-bond donors (Lipinski definition) is 1. The standard InChI is InChI=1S/C8H5F3O3S/c9-6-4-2-1-3-5(6)7(10)8(11)15(12,13)14/h1-4H,(H,12,13,14). The number of hydrogen-bond acceptors (Lipinski definition) is 2. The summed E-state index contributed by atoms with van der Waals surface area (Å²) in [4.78, 5) is 0. The molecule has 0 amide bonds. The lowest BCUT2D eigenvalue weighted by Gasteiger charge is -2.00. The quantitative estimate of drug-likeness (QED) is 0.804. The van der Waals surface area contributed by atoms with E-state index in [0.717, 1.165) is 12.1 Å². The molecule has 0 heterocycles. The van der Waals surface area contributed by atoms with Gasteiger partial charge in [0, 0.05) is 5.56 Å². The maximum atomic E-state index is 13.0. The van der Waals surface area contributed by atoms with Gasteiger partial charge in [0.05, 0.1) is 0 Å². The molecule has 1 N–H and O–H groups in total. The molecule has 0 aliphatic rings. The predicted molar refractivity (Wildman–Crippen MR) is 47.1 cm³/mol. The summed E-state index contributed by atoms with van der Waals surface area (Å²) in [5, 5.41) is -2.41. The zero-order chi connectivity index (χ0) is 11.6. The van der Waals surface area contributed by atoms with Crippen molar-refractivity contribution >= 4 is 15.9 Å². The van der Waals surface area contributed by atoms with Crippen molar-refractivity contribution in [2.24, 2.45) is 0 Å². The normalized spacial score (nSPS) is 13.6. The van der Waals surface area contributed by atoms with E-state index < -0.39 is 32.5 Å². The Kier molecular flexibility index (Phi) is 3.15. The Morgan fingerprint density at radius 3 is 2.20 bits per heavy atom. The minimum atomic E-state index is -5.30. The van der Waals surface area contributed by atoms with Gasteiger partial charge < -0.3 is 0 Å². The molecule has 0 saturated carbocycles. The van der Waals surface area contributed by atoms with E-state index in [4.69, 9.17) is 4.55 Å². The Balaban J connectivity index is 3.39. The summed E-state index contributed by atoms with van der Waals surface area (Å²) in [6, 6.07) is 4.08. The van der Waals surface area contributed by atoms with Crippen LogP contribution in [0.4, 0.5) is 13.2 Å². The fourth-order valence-corrected chi connectivity index (χ4v) is 1.19. The Hall–Kier alpha value is -1.34. The van der Waals surface area contributed by atoms with Crippen molar-refractivity contribution in [3.8, 4) is 0 Å². The van der Waals surface area contributed by atoms with Crippen LogP contribution in [0.5, 0.6) is 0 Å². The zero-order valence-electron chi connectivity index (χ0n) is 7.12. The Morgan fingerprint density at radius 1 is 1.20 bits per heavy atom. The van der Waals surface area contributed by atoms with E-state index in [1.165, 1.54) is 12.1 Å². The molecule has 0 bridgehead atoms. The Bertz CT molecular complexity index is 508. The molecule has 0 aliphatic heterocycles. The molecule has 1 aromatic rings. The highest BCUT2D eigenvalue weighted by Gasteiger charge is 2.22. The molecule has 1 aromatic carbocycles. The molecular weight excluding hydrogens is 233 g/mol. The van der Waals surface area contributed by atoms with Crippen LogP contribution >= 0.6 is 0 Å². The third-order valence-corrected chi connectivity index (χ3v) is 2.14. The van der Waals surface area contributed by atoms with E-state index in [1.807, 2.05) is 0 Å². The van der Waals surface area contributed by atoms with Gasteiger partial charge in [-0.1, -0.05) is 12.1 Å². The van der Waals surface area contributed by atoms with Crippen molar-refractivity contribution in [1.82, 2.24) is 0 Å². The molecule has 0 aliphatic carbocycles. The van der Waals surface area contributed by atoms with Gasteiger partial charge in [0.2, 0.25) is 0 Å². The second kappa shape index (κ2) is 4.03. The first kappa shape index (κ1) is 11.7. The van der Waals surface area contributed by atoms with Crippen molar-refractivity contribution < 1.29 is 26.1 Å². The number of rotatable bonds is 2. The van der Waals surface area contributed by atoms with Crippen molar-refractivity contribution in [2.75, 3.05) is 0 Å². The van der Waals surface area contributed by atoms with E-state index in [2.05, 4.69) is 0 Å². The monoisotopic (exact) mass is 238 g/mol. The summed E-state index contributed by atoms with van der Waals surface area (Å²) in [7, 11) is -5.30. The van der Waals surface area contributed by atoms with E-state index in [-0.39, 0.29) is 0 Å². The maximum Gasteiger partial charge on any atom is 0.324 e. The van der Waals surface area contributed by atoms with Crippen LogP contribution in [0.2, 0.25) is 0 Å². The van der Waals surface area contributed by atoms with E-state index in [0.29, 0.717) is 0 Å². The van der Waals surface area contributed by atoms with Gasteiger partial charge in [0.1, 0.15) is 5.82 Å². The van der Waals surface area contributed by atoms with Crippen molar-refractivity contribution in [3.05, 3.63) is 40.8 Å². The molecule has 7 heteroatoms. The van der Waals surface area contributed by atoms with Gasteiger partial charge >= 0.3 is 10.1 Å². The van der Waals surface area contributed by atoms with Gasteiger partial charge in [-0.25, -0.2) is 8.78 Å². The first-order valence-electron chi connectivity index (χ1n) is 3.61. The molecule has 0 radical (unpaired) electrons. The largest absolute Gasteiger partial charge is 0.324 e. The molecule has 1 rings (SSSR count). The van der Waals surface area contributed by atoms with Crippen LogP contribution in [0.1, 0.15) is 5.56 Å². The fourth-order valence-electron chi connectivity index (χ4n) is 0.858. The third kappa shape index (κ3) is 2.57. The van der Waals surface area contributed by atoms with Crippen molar-refractivity contribution in [1.29, 1.82) is 0 Å². The maximum absolute atomic E-state index is 13.0. The Labute approximate surface area is 83.6 Å². The smallest absolute Gasteiger partial charge is 0.280 e. The van der Waals surface area contributed by atoms with E-state index in [1.54, 1.807) is 0 Å². The van der Waals surface area contributed by atoms with Crippen LogP contribution in [0.25, 0.3) is 5.83 Å². The van der Waals surface area contributed by atoms with Gasteiger partial charge in [-0.2, -0.15) is 12.8 Å². The summed E-state index contributed by atoms with van der Waals surface area (Å²) in [5.74, 6) is -3.09. The molecule has 82 valence electrons. The van der Waals surface area contributed by atoms with Gasteiger partial charge in [0.25, 0.3) is 5.16 Å². The van der Waals surface area contributed by atoms with Gasteiger partial charge in [-0.15, -0.1) is 0 Å². The molecule has 0 fully saturated rings. The van der Waals surface area contributed by atoms with Crippen LogP contribution in [0, 0.1) is 5.82 Å². The molecule has 15 heavy (non-hydrogen) atoms. The molecule has 0 unspecified atom stereocenters. The van der Waals surface area contributed by atoms with E-state index in [9.17, 15) is 21.6 Å². The van der Waals surface area contributed by atoms with Crippen LogP contribution in [-0.4, -0.2) is 13.0 Å². The van der Waals surface area contributed by atoms with E-state index >= 15 is 0 Å². The molecule has 0 spiro atoms. The number of halogens is 3. The molecule has 0 saturated heterocycles. The molecule has 3 nitrogen and oxygen atoms in total. The average Bonchev–Trinajstić information content (AvgIpc) is 2.15. The highest BCUT2D eigenvalue weighted by Crippen LogP contribution is 2.26. The lowest BCUT2D eigenvalue weighted by Crippen LogP contribution is -2.00. The van der Waals surface area contributed by atoms with Crippen LogP contribution in [0.15, 0.2) is 29.4 Å². The molecular formula is C8H5F3O3S. The van der Waals surface area contributed by atoms with Gasteiger partial charge in [-0.3, -0.25) is 4.55 Å². The summed E-state index contributed by atoms with van der Waals surface area (Å²) in [6.45, 7) is 0. The number of benzene rings is 1. The first-order valence-corrected chi connectivity index (χ1v) is 5.05. The van der Waals surface area contributed by atoms with Crippen LogP contribution in [0.3, 0.4) is 0 Å². The topological polar surface area (TPSA) is 54.4 Å². The summed E-state index contributed by atoms with van der Waals surface area (Å²) in [6.07, 6.45) is 0. The van der Waals surface area contributed by atoms with Crippen LogP contribution in [-0.2, 0) is 10.1 Å².